The van der Waals surface area contributed by atoms with E-state index in [-0.39, 0.29) is 0 Å². The molecule has 0 aliphatic carbocycles. The molecule has 124 valence electrons. The number of anilines is 1. The molecule has 3 heterocycles. The zero-order chi connectivity index (χ0) is 16.9. The highest BCUT2D eigenvalue weighted by molar-refractivity contribution is 5.56. The van der Waals surface area contributed by atoms with Gasteiger partial charge in [0.25, 0.3) is 0 Å². The molecule has 0 spiro atoms. The number of hydrogen-bond acceptors (Lipinski definition) is 6. The van der Waals surface area contributed by atoms with Gasteiger partial charge in [-0.1, -0.05) is 6.07 Å². The van der Waals surface area contributed by atoms with Gasteiger partial charge in [0, 0.05) is 31.9 Å². The van der Waals surface area contributed by atoms with Gasteiger partial charge < -0.3 is 5.32 Å². The van der Waals surface area contributed by atoms with E-state index in [4.69, 9.17) is 0 Å². The summed E-state index contributed by atoms with van der Waals surface area (Å²) < 4.78 is 0. The molecule has 0 aromatic carbocycles. The molecule has 0 saturated carbocycles. The second-order valence-corrected chi connectivity index (χ2v) is 6.26. The Hall–Kier alpha value is -2.52. The molecule has 1 aliphatic heterocycles. The number of aromatic nitrogens is 3. The first-order valence-electron chi connectivity index (χ1n) is 8.30. The summed E-state index contributed by atoms with van der Waals surface area (Å²) in [5, 5.41) is 21.1. The molecule has 1 N–H and O–H groups in total. The number of hydrogen-bond donors (Lipinski definition) is 1. The Morgan fingerprint density at radius 1 is 1.25 bits per heavy atom. The van der Waals surface area contributed by atoms with Crippen molar-refractivity contribution in [3.63, 3.8) is 0 Å². The maximum Gasteiger partial charge on any atom is 0.167 e. The Morgan fingerprint density at radius 2 is 2.04 bits per heavy atom. The molecule has 0 atom stereocenters. The van der Waals surface area contributed by atoms with Crippen LogP contribution in [-0.4, -0.2) is 39.2 Å². The first-order valence-corrected chi connectivity index (χ1v) is 8.30. The van der Waals surface area contributed by atoms with E-state index in [1.54, 1.807) is 0 Å². The number of nitrogens with one attached hydrogen (secondary N) is 1. The van der Waals surface area contributed by atoms with Crippen molar-refractivity contribution in [1.82, 2.24) is 20.1 Å². The fourth-order valence-corrected chi connectivity index (χ4v) is 3.00. The van der Waals surface area contributed by atoms with Crippen molar-refractivity contribution >= 4 is 5.82 Å². The fraction of sp³-hybridized carbons (Fsp3) is 0.444. The summed E-state index contributed by atoms with van der Waals surface area (Å²) in [6.07, 6.45) is 3.88. The Morgan fingerprint density at radius 3 is 2.71 bits per heavy atom. The quantitative estimate of drug-likeness (QED) is 0.931. The third kappa shape index (κ3) is 3.69. The third-order valence-corrected chi connectivity index (χ3v) is 4.61. The molecule has 24 heavy (non-hydrogen) atoms. The summed E-state index contributed by atoms with van der Waals surface area (Å²) in [5.41, 5.74) is 3.43. The molecule has 6 nitrogen and oxygen atoms in total. The lowest BCUT2D eigenvalue weighted by atomic mass is 10.0. The summed E-state index contributed by atoms with van der Waals surface area (Å²) in [6.45, 7) is 6.70. The number of nitriles is 1. The van der Waals surface area contributed by atoms with Crippen LogP contribution in [-0.2, 0) is 6.54 Å². The normalized spacial score (nSPS) is 15.9. The standard InChI is InChI=1S/C18H22N6/c1-13-14(2)22-23-18(17(13)11-19)21-15-6-9-24(10-7-15)12-16-5-3-4-8-20-16/h3-5,8,15H,6-7,9-10,12H2,1-2H3,(H,21,23). The average Bonchev–Trinajstić information content (AvgIpc) is 2.61. The lowest BCUT2D eigenvalue weighted by Gasteiger charge is -2.32. The first-order chi connectivity index (χ1) is 11.7. The number of aryl methyl sites for hydroxylation is 1. The Balaban J connectivity index is 1.58. The number of piperidine rings is 1. The van der Waals surface area contributed by atoms with Crippen LogP contribution in [0.15, 0.2) is 24.4 Å². The lowest BCUT2D eigenvalue weighted by Crippen LogP contribution is -2.39. The molecular weight excluding hydrogens is 300 g/mol. The van der Waals surface area contributed by atoms with Gasteiger partial charge in [0.2, 0.25) is 0 Å². The Labute approximate surface area is 142 Å². The molecule has 1 fully saturated rings. The molecule has 1 aliphatic rings. The van der Waals surface area contributed by atoms with Gasteiger partial charge in [-0.2, -0.15) is 10.4 Å². The van der Waals surface area contributed by atoms with E-state index in [2.05, 4.69) is 37.5 Å². The van der Waals surface area contributed by atoms with Crippen molar-refractivity contribution in [2.75, 3.05) is 18.4 Å². The Bertz CT molecular complexity index is 729. The number of nitrogens with zero attached hydrogens (tertiary/aromatic N) is 5. The molecule has 2 aromatic heterocycles. The minimum atomic E-state index is 0.327. The van der Waals surface area contributed by atoms with Crippen LogP contribution < -0.4 is 5.32 Å². The van der Waals surface area contributed by atoms with Crippen molar-refractivity contribution in [3.8, 4) is 6.07 Å². The molecule has 1 saturated heterocycles. The van der Waals surface area contributed by atoms with Crippen molar-refractivity contribution < 1.29 is 0 Å². The number of likely N-dealkylation sites (tertiary alicyclic amines) is 1. The molecular formula is C18H22N6. The Kier molecular flexibility index (Phi) is 5.02. The van der Waals surface area contributed by atoms with Crippen LogP contribution >= 0.6 is 0 Å². The van der Waals surface area contributed by atoms with E-state index in [1.165, 1.54) is 0 Å². The summed E-state index contributed by atoms with van der Waals surface area (Å²) >= 11 is 0. The van der Waals surface area contributed by atoms with Gasteiger partial charge in [0.05, 0.1) is 11.4 Å². The van der Waals surface area contributed by atoms with Crippen molar-refractivity contribution in [1.29, 1.82) is 5.26 Å². The summed E-state index contributed by atoms with van der Waals surface area (Å²) in [7, 11) is 0. The van der Waals surface area contributed by atoms with E-state index in [1.807, 2.05) is 32.2 Å². The zero-order valence-corrected chi connectivity index (χ0v) is 14.2. The topological polar surface area (TPSA) is 77.7 Å². The third-order valence-electron chi connectivity index (χ3n) is 4.61. The van der Waals surface area contributed by atoms with Gasteiger partial charge >= 0.3 is 0 Å². The lowest BCUT2D eigenvalue weighted by molar-refractivity contribution is 0.209. The molecule has 0 bridgehead atoms. The SMILES string of the molecule is Cc1nnc(NC2CCN(Cc3ccccn3)CC2)c(C#N)c1C. The number of pyridine rings is 1. The molecule has 3 rings (SSSR count). The van der Waals surface area contributed by atoms with E-state index < -0.39 is 0 Å². The zero-order valence-electron chi connectivity index (χ0n) is 14.2. The van der Waals surface area contributed by atoms with Crippen LogP contribution in [0, 0.1) is 25.2 Å². The van der Waals surface area contributed by atoms with E-state index in [0.29, 0.717) is 17.4 Å². The first kappa shape index (κ1) is 16.3. The van der Waals surface area contributed by atoms with Gasteiger partial charge in [0.15, 0.2) is 5.82 Å². The number of rotatable bonds is 4. The van der Waals surface area contributed by atoms with Crippen LogP contribution in [0.25, 0.3) is 0 Å². The van der Waals surface area contributed by atoms with Crippen molar-refractivity contribution in [2.45, 2.75) is 39.3 Å². The highest BCUT2D eigenvalue weighted by Crippen LogP contribution is 2.21. The molecule has 6 heteroatoms. The minimum Gasteiger partial charge on any atom is -0.365 e. The van der Waals surface area contributed by atoms with Gasteiger partial charge in [-0.15, -0.1) is 5.10 Å². The highest BCUT2D eigenvalue weighted by atomic mass is 15.2. The highest BCUT2D eigenvalue weighted by Gasteiger charge is 2.21. The van der Waals surface area contributed by atoms with Crippen molar-refractivity contribution in [2.24, 2.45) is 0 Å². The molecule has 2 aromatic rings. The van der Waals surface area contributed by atoms with E-state index >= 15 is 0 Å². The van der Waals surface area contributed by atoms with Crippen LogP contribution in [0.2, 0.25) is 0 Å². The van der Waals surface area contributed by atoms with Gasteiger partial charge in [0.1, 0.15) is 11.6 Å². The van der Waals surface area contributed by atoms with Crippen LogP contribution in [0.5, 0.6) is 0 Å². The second kappa shape index (κ2) is 7.37. The summed E-state index contributed by atoms with van der Waals surface area (Å²) in [5.74, 6) is 0.615. The smallest absolute Gasteiger partial charge is 0.167 e. The van der Waals surface area contributed by atoms with E-state index in [9.17, 15) is 5.26 Å². The molecule has 0 amide bonds. The molecule has 0 radical (unpaired) electrons. The van der Waals surface area contributed by atoms with E-state index in [0.717, 1.165) is 49.4 Å². The average molecular weight is 322 g/mol. The summed E-state index contributed by atoms with van der Waals surface area (Å²) in [4.78, 5) is 6.80. The van der Waals surface area contributed by atoms with Crippen LogP contribution in [0.1, 0.15) is 35.4 Å². The van der Waals surface area contributed by atoms with Crippen LogP contribution in [0.3, 0.4) is 0 Å². The predicted molar refractivity (Wildman–Crippen MR) is 92.4 cm³/mol. The van der Waals surface area contributed by atoms with Crippen molar-refractivity contribution in [3.05, 3.63) is 46.9 Å². The molecule has 0 unspecified atom stereocenters. The van der Waals surface area contributed by atoms with Gasteiger partial charge in [-0.05, 0) is 44.4 Å². The van der Waals surface area contributed by atoms with Crippen LogP contribution in [0.4, 0.5) is 5.82 Å². The monoisotopic (exact) mass is 322 g/mol. The second-order valence-electron chi connectivity index (χ2n) is 6.26. The minimum absolute atomic E-state index is 0.327. The predicted octanol–water partition coefficient (Wildman–Crippen LogP) is 2.44. The fourth-order valence-electron chi connectivity index (χ4n) is 3.00. The van der Waals surface area contributed by atoms with Gasteiger partial charge in [-0.3, -0.25) is 9.88 Å². The largest absolute Gasteiger partial charge is 0.365 e. The maximum atomic E-state index is 9.39. The maximum absolute atomic E-state index is 9.39. The van der Waals surface area contributed by atoms with Gasteiger partial charge in [-0.25, -0.2) is 0 Å². The summed E-state index contributed by atoms with van der Waals surface area (Å²) in [6, 6.07) is 8.61.